The summed E-state index contributed by atoms with van der Waals surface area (Å²) in [5, 5.41) is 2.82. The normalized spacial score (nSPS) is 10.5. The summed E-state index contributed by atoms with van der Waals surface area (Å²) in [7, 11) is 1.63. The fourth-order valence-electron chi connectivity index (χ4n) is 1.95. The number of nitrogens with one attached hydrogen (secondary N) is 1. The van der Waals surface area contributed by atoms with Crippen LogP contribution in [-0.4, -0.2) is 23.0 Å². The number of methoxy groups -OCH3 is 1. The number of amides is 1. The highest BCUT2D eigenvalue weighted by molar-refractivity contribution is 5.91. The largest absolute Gasteiger partial charge is 0.496 e. The van der Waals surface area contributed by atoms with Gasteiger partial charge in [-0.2, -0.15) is 0 Å². The average Bonchev–Trinajstić information content (AvgIpc) is 2.53. The molecule has 1 aromatic carbocycles. The molecule has 0 aliphatic carbocycles. The van der Waals surface area contributed by atoms with Gasteiger partial charge in [0.1, 0.15) is 11.4 Å². The molecule has 0 bridgehead atoms. The number of ether oxygens (including phenoxy) is 1. The van der Waals surface area contributed by atoms with Crippen LogP contribution in [0.25, 0.3) is 0 Å². The van der Waals surface area contributed by atoms with Gasteiger partial charge in [0.05, 0.1) is 13.3 Å². The predicted molar refractivity (Wildman–Crippen MR) is 80.3 cm³/mol. The van der Waals surface area contributed by atoms with Crippen LogP contribution in [0.5, 0.6) is 5.75 Å². The fourth-order valence-corrected chi connectivity index (χ4v) is 1.95. The minimum atomic E-state index is -0.252. The van der Waals surface area contributed by atoms with Crippen LogP contribution in [0.4, 0.5) is 0 Å². The molecule has 0 aliphatic heterocycles. The highest BCUT2D eigenvalue weighted by atomic mass is 16.5. The van der Waals surface area contributed by atoms with Gasteiger partial charge in [0.2, 0.25) is 0 Å². The molecule has 2 rings (SSSR count). The average molecular weight is 285 g/mol. The number of aromatic nitrogens is 2. The third-order valence-electron chi connectivity index (χ3n) is 3.21. The van der Waals surface area contributed by atoms with Crippen LogP contribution in [0, 0.1) is 0 Å². The van der Waals surface area contributed by atoms with Crippen LogP contribution in [-0.2, 0) is 6.54 Å². The molecular formula is C16H19N3O2. The summed E-state index contributed by atoms with van der Waals surface area (Å²) in [6.45, 7) is 4.64. The summed E-state index contributed by atoms with van der Waals surface area (Å²) in [6.07, 6.45) is 4.46. The molecule has 0 saturated heterocycles. The van der Waals surface area contributed by atoms with E-state index in [1.165, 1.54) is 24.2 Å². The van der Waals surface area contributed by atoms with Crippen molar-refractivity contribution in [3.8, 4) is 5.75 Å². The molecule has 0 radical (unpaired) electrons. The van der Waals surface area contributed by atoms with Gasteiger partial charge in [-0.15, -0.1) is 0 Å². The molecule has 110 valence electrons. The third kappa shape index (κ3) is 3.78. The number of carbonyl (C=O) groups is 1. The smallest absolute Gasteiger partial charge is 0.271 e. The molecule has 5 heteroatoms. The van der Waals surface area contributed by atoms with Gasteiger partial charge in [-0.1, -0.05) is 26.0 Å². The van der Waals surface area contributed by atoms with Crippen molar-refractivity contribution in [1.82, 2.24) is 15.3 Å². The highest BCUT2D eigenvalue weighted by Crippen LogP contribution is 2.24. The maximum atomic E-state index is 11.9. The minimum Gasteiger partial charge on any atom is -0.496 e. The standard InChI is InChI=1S/C16H19N3O2/c1-11(2)12-4-5-13(15(8-12)21-3)9-19-16(20)14-10-17-6-7-18-14/h4-8,10-11H,9H2,1-3H3,(H,19,20). The van der Waals surface area contributed by atoms with Crippen molar-refractivity contribution in [3.05, 3.63) is 53.6 Å². The lowest BCUT2D eigenvalue weighted by atomic mass is 10.0. The zero-order valence-electron chi connectivity index (χ0n) is 12.5. The van der Waals surface area contributed by atoms with E-state index in [1.807, 2.05) is 12.1 Å². The molecule has 1 heterocycles. The Hall–Kier alpha value is -2.43. The SMILES string of the molecule is COc1cc(C(C)C)ccc1CNC(=O)c1cnccn1. The van der Waals surface area contributed by atoms with Crippen molar-refractivity contribution in [2.75, 3.05) is 7.11 Å². The van der Waals surface area contributed by atoms with E-state index in [9.17, 15) is 4.79 Å². The van der Waals surface area contributed by atoms with Gasteiger partial charge in [-0.25, -0.2) is 4.98 Å². The summed E-state index contributed by atoms with van der Waals surface area (Å²) in [5.41, 5.74) is 2.44. The zero-order chi connectivity index (χ0) is 15.2. The molecule has 0 aliphatic rings. The van der Waals surface area contributed by atoms with E-state index in [0.29, 0.717) is 18.2 Å². The van der Waals surface area contributed by atoms with Crippen molar-refractivity contribution < 1.29 is 9.53 Å². The van der Waals surface area contributed by atoms with Gasteiger partial charge in [0, 0.05) is 24.5 Å². The minimum absolute atomic E-state index is 0.252. The fraction of sp³-hybridized carbons (Fsp3) is 0.312. The molecule has 0 spiro atoms. The van der Waals surface area contributed by atoms with Crippen LogP contribution in [0.3, 0.4) is 0 Å². The van der Waals surface area contributed by atoms with E-state index in [2.05, 4.69) is 35.2 Å². The maximum absolute atomic E-state index is 11.9. The molecule has 1 N–H and O–H groups in total. The Balaban J connectivity index is 2.08. The number of hydrogen-bond donors (Lipinski definition) is 1. The monoisotopic (exact) mass is 285 g/mol. The molecule has 0 unspecified atom stereocenters. The van der Waals surface area contributed by atoms with Crippen molar-refractivity contribution in [3.63, 3.8) is 0 Å². The van der Waals surface area contributed by atoms with Crippen LogP contribution < -0.4 is 10.1 Å². The zero-order valence-corrected chi connectivity index (χ0v) is 12.5. The maximum Gasteiger partial charge on any atom is 0.271 e. The first-order chi connectivity index (χ1) is 10.1. The first-order valence-electron chi connectivity index (χ1n) is 6.83. The molecule has 1 aromatic heterocycles. The lowest BCUT2D eigenvalue weighted by molar-refractivity contribution is 0.0945. The number of rotatable bonds is 5. The first kappa shape index (κ1) is 15.0. The summed E-state index contributed by atoms with van der Waals surface area (Å²) in [4.78, 5) is 19.8. The molecule has 5 nitrogen and oxygen atoms in total. The quantitative estimate of drug-likeness (QED) is 0.917. The topological polar surface area (TPSA) is 64.1 Å². The van der Waals surface area contributed by atoms with Gasteiger partial charge in [0.15, 0.2) is 0 Å². The molecule has 0 fully saturated rings. The lowest BCUT2D eigenvalue weighted by Crippen LogP contribution is -2.24. The van der Waals surface area contributed by atoms with E-state index < -0.39 is 0 Å². The Bertz CT molecular complexity index is 612. The number of nitrogens with zero attached hydrogens (tertiary/aromatic N) is 2. The van der Waals surface area contributed by atoms with Gasteiger partial charge >= 0.3 is 0 Å². The highest BCUT2D eigenvalue weighted by Gasteiger charge is 2.10. The van der Waals surface area contributed by atoms with Crippen molar-refractivity contribution in [2.45, 2.75) is 26.3 Å². The van der Waals surface area contributed by atoms with Crippen LogP contribution in [0.2, 0.25) is 0 Å². The molecular weight excluding hydrogens is 266 g/mol. The van der Waals surface area contributed by atoms with Gasteiger partial charge in [-0.3, -0.25) is 9.78 Å². The Labute approximate surface area is 124 Å². The Morgan fingerprint density at radius 3 is 2.76 bits per heavy atom. The van der Waals surface area contributed by atoms with Crippen LogP contribution in [0.15, 0.2) is 36.8 Å². The van der Waals surface area contributed by atoms with E-state index in [0.717, 1.165) is 11.3 Å². The molecule has 0 atom stereocenters. The summed E-state index contributed by atoms with van der Waals surface area (Å²) in [5.74, 6) is 0.959. The first-order valence-corrected chi connectivity index (χ1v) is 6.83. The van der Waals surface area contributed by atoms with Crippen molar-refractivity contribution in [2.24, 2.45) is 0 Å². The summed E-state index contributed by atoms with van der Waals surface area (Å²) >= 11 is 0. The third-order valence-corrected chi connectivity index (χ3v) is 3.21. The van der Waals surface area contributed by atoms with E-state index >= 15 is 0 Å². The second kappa shape index (κ2) is 6.83. The second-order valence-electron chi connectivity index (χ2n) is 5.00. The van der Waals surface area contributed by atoms with E-state index in [4.69, 9.17) is 4.74 Å². The van der Waals surface area contributed by atoms with Gasteiger partial charge in [0.25, 0.3) is 5.91 Å². The van der Waals surface area contributed by atoms with Crippen LogP contribution in [0.1, 0.15) is 41.4 Å². The Morgan fingerprint density at radius 2 is 2.14 bits per heavy atom. The summed E-state index contributed by atoms with van der Waals surface area (Å²) in [6, 6.07) is 6.04. The molecule has 2 aromatic rings. The van der Waals surface area contributed by atoms with Crippen LogP contribution >= 0.6 is 0 Å². The van der Waals surface area contributed by atoms with Gasteiger partial charge in [-0.05, 0) is 17.5 Å². The van der Waals surface area contributed by atoms with E-state index in [1.54, 1.807) is 7.11 Å². The number of hydrogen-bond acceptors (Lipinski definition) is 4. The predicted octanol–water partition coefficient (Wildman–Crippen LogP) is 2.54. The molecule has 1 amide bonds. The molecule has 21 heavy (non-hydrogen) atoms. The summed E-state index contributed by atoms with van der Waals surface area (Å²) < 4.78 is 5.39. The lowest BCUT2D eigenvalue weighted by Gasteiger charge is -2.13. The Morgan fingerprint density at radius 1 is 1.33 bits per heavy atom. The van der Waals surface area contributed by atoms with Gasteiger partial charge < -0.3 is 10.1 Å². The van der Waals surface area contributed by atoms with Crippen molar-refractivity contribution in [1.29, 1.82) is 0 Å². The van der Waals surface area contributed by atoms with Crippen molar-refractivity contribution >= 4 is 5.91 Å². The molecule has 0 saturated carbocycles. The second-order valence-corrected chi connectivity index (χ2v) is 5.00. The van der Waals surface area contributed by atoms with E-state index in [-0.39, 0.29) is 5.91 Å². The number of carbonyl (C=O) groups excluding carboxylic acids is 1. The Kier molecular flexibility index (Phi) is 4.87. The number of benzene rings is 1.